The molecule has 2 amide bonds. The Bertz CT molecular complexity index is 1420. The minimum Gasteiger partial charge on any atom is -0.364 e. The number of carbonyl (C=O) groups excluding carboxylic acids is 2. The van der Waals surface area contributed by atoms with Crippen molar-refractivity contribution in [1.29, 1.82) is 0 Å². The molecule has 0 saturated heterocycles. The number of carbonyl (C=O) groups is 2. The van der Waals surface area contributed by atoms with E-state index in [2.05, 4.69) is 15.5 Å². The van der Waals surface area contributed by atoms with Crippen molar-refractivity contribution in [2.45, 2.75) is 0 Å². The summed E-state index contributed by atoms with van der Waals surface area (Å²) in [6, 6.07) is 22.2. The maximum absolute atomic E-state index is 13.2. The van der Waals surface area contributed by atoms with Crippen LogP contribution in [0.1, 0.15) is 20.8 Å². The molecule has 0 saturated carbocycles. The van der Waals surface area contributed by atoms with Crippen LogP contribution in [0.4, 0.5) is 5.69 Å². The van der Waals surface area contributed by atoms with Gasteiger partial charge in [0, 0.05) is 18.1 Å². The Labute approximate surface area is 192 Å². The van der Waals surface area contributed by atoms with Crippen molar-refractivity contribution in [3.05, 3.63) is 102 Å². The summed E-state index contributed by atoms with van der Waals surface area (Å²) in [6.07, 6.45) is 3.39. The van der Waals surface area contributed by atoms with E-state index in [0.29, 0.717) is 16.9 Å². The molecule has 3 heterocycles. The molecule has 5 rings (SSSR count). The highest BCUT2D eigenvalue weighted by molar-refractivity contribution is 7.13. The molecule has 162 valence electrons. The molecule has 8 nitrogen and oxygen atoms in total. The first kappa shape index (κ1) is 20.4. The lowest BCUT2D eigenvalue weighted by Crippen LogP contribution is -2.13. The molecule has 0 spiro atoms. The molecule has 3 aromatic heterocycles. The maximum atomic E-state index is 13.2. The largest absolute Gasteiger partial charge is 0.364 e. The van der Waals surface area contributed by atoms with Gasteiger partial charge in [0.05, 0.1) is 21.8 Å². The molecule has 5 aromatic rings. The summed E-state index contributed by atoms with van der Waals surface area (Å²) in [5.74, 6) is -0.848. The van der Waals surface area contributed by atoms with Crippen molar-refractivity contribution in [2.24, 2.45) is 5.73 Å². The summed E-state index contributed by atoms with van der Waals surface area (Å²) in [5.41, 5.74) is 8.76. The Morgan fingerprint density at radius 2 is 1.61 bits per heavy atom. The maximum Gasteiger partial charge on any atom is 0.269 e. The van der Waals surface area contributed by atoms with Gasteiger partial charge in [-0.2, -0.15) is 10.2 Å². The van der Waals surface area contributed by atoms with Crippen LogP contribution in [-0.2, 0) is 0 Å². The third-order valence-corrected chi connectivity index (χ3v) is 5.84. The number of hydrogen-bond acceptors (Lipinski definition) is 5. The van der Waals surface area contributed by atoms with Gasteiger partial charge >= 0.3 is 0 Å². The topological polar surface area (TPSA) is 108 Å². The lowest BCUT2D eigenvalue weighted by atomic mass is 10.2. The summed E-state index contributed by atoms with van der Waals surface area (Å²) in [6.45, 7) is 0. The normalized spacial score (nSPS) is 10.8. The van der Waals surface area contributed by atoms with E-state index >= 15 is 0 Å². The number of rotatable bonds is 6. The number of hydrogen-bond donors (Lipinski definition) is 2. The Morgan fingerprint density at radius 1 is 0.848 bits per heavy atom. The summed E-state index contributed by atoms with van der Waals surface area (Å²) in [4.78, 5) is 25.3. The molecule has 0 aliphatic heterocycles. The summed E-state index contributed by atoms with van der Waals surface area (Å²) >= 11 is 1.53. The molecular formula is C24H18N6O2S. The van der Waals surface area contributed by atoms with Gasteiger partial charge < -0.3 is 11.1 Å². The molecule has 33 heavy (non-hydrogen) atoms. The van der Waals surface area contributed by atoms with Gasteiger partial charge in [-0.25, -0.2) is 9.36 Å². The number of thiophene rings is 1. The molecule has 0 atom stereocenters. The predicted molar refractivity (Wildman–Crippen MR) is 127 cm³/mol. The summed E-state index contributed by atoms with van der Waals surface area (Å²) < 4.78 is 3.26. The van der Waals surface area contributed by atoms with Crippen LogP contribution in [0.5, 0.6) is 0 Å². The Kier molecular flexibility index (Phi) is 5.29. The highest BCUT2D eigenvalue weighted by Gasteiger charge is 2.19. The zero-order chi connectivity index (χ0) is 22.8. The zero-order valence-electron chi connectivity index (χ0n) is 17.3. The summed E-state index contributed by atoms with van der Waals surface area (Å²) in [5, 5.41) is 13.7. The SMILES string of the molecule is NC(=O)c1ccn(-c2ccc(NC(=O)c3cn(-c4ccccc4)nc3-c3cccs3)cc2)n1. The van der Waals surface area contributed by atoms with Crippen LogP contribution < -0.4 is 11.1 Å². The molecule has 3 N–H and O–H groups in total. The van der Waals surface area contributed by atoms with Gasteiger partial charge in [0.2, 0.25) is 0 Å². The van der Waals surface area contributed by atoms with Crippen molar-refractivity contribution in [3.8, 4) is 21.9 Å². The molecule has 9 heteroatoms. The van der Waals surface area contributed by atoms with Gasteiger partial charge in [-0.05, 0) is 53.9 Å². The van der Waals surface area contributed by atoms with Crippen molar-refractivity contribution in [2.75, 3.05) is 5.32 Å². The van der Waals surface area contributed by atoms with Gasteiger partial charge in [-0.3, -0.25) is 9.59 Å². The average molecular weight is 455 g/mol. The van der Waals surface area contributed by atoms with Gasteiger partial charge in [0.15, 0.2) is 0 Å². The quantitative estimate of drug-likeness (QED) is 0.402. The Balaban J connectivity index is 1.41. The van der Waals surface area contributed by atoms with E-state index in [-0.39, 0.29) is 11.6 Å². The number of benzene rings is 2. The van der Waals surface area contributed by atoms with Gasteiger partial charge in [0.1, 0.15) is 11.4 Å². The minimum atomic E-state index is -0.588. The lowest BCUT2D eigenvalue weighted by molar-refractivity contribution is 0.0993. The van der Waals surface area contributed by atoms with Crippen molar-refractivity contribution >= 4 is 28.8 Å². The highest BCUT2D eigenvalue weighted by Crippen LogP contribution is 2.28. The van der Waals surface area contributed by atoms with Gasteiger partial charge in [-0.1, -0.05) is 24.3 Å². The number of nitrogens with zero attached hydrogens (tertiary/aromatic N) is 4. The molecular weight excluding hydrogens is 436 g/mol. The zero-order valence-corrected chi connectivity index (χ0v) is 18.1. The van der Waals surface area contributed by atoms with E-state index in [1.807, 2.05) is 47.8 Å². The van der Waals surface area contributed by atoms with Crippen LogP contribution in [0.15, 0.2) is 90.6 Å². The van der Waals surface area contributed by atoms with E-state index in [1.54, 1.807) is 52.1 Å². The van der Waals surface area contributed by atoms with Crippen molar-refractivity contribution in [1.82, 2.24) is 19.6 Å². The van der Waals surface area contributed by atoms with Crippen LogP contribution in [0, 0.1) is 0 Å². The first-order valence-corrected chi connectivity index (χ1v) is 10.9. The van der Waals surface area contributed by atoms with Crippen molar-refractivity contribution < 1.29 is 9.59 Å². The minimum absolute atomic E-state index is 0.184. The first-order chi connectivity index (χ1) is 16.1. The Morgan fingerprint density at radius 3 is 2.27 bits per heavy atom. The fourth-order valence-electron chi connectivity index (χ4n) is 3.34. The smallest absolute Gasteiger partial charge is 0.269 e. The summed E-state index contributed by atoms with van der Waals surface area (Å²) in [7, 11) is 0. The van der Waals surface area contributed by atoms with Gasteiger partial charge in [0.25, 0.3) is 11.8 Å². The van der Waals surface area contributed by atoms with Crippen LogP contribution in [0.2, 0.25) is 0 Å². The number of para-hydroxylation sites is 1. The first-order valence-electron chi connectivity index (χ1n) is 10.0. The van der Waals surface area contributed by atoms with E-state index < -0.39 is 5.91 Å². The van der Waals surface area contributed by atoms with Crippen LogP contribution in [-0.4, -0.2) is 31.4 Å². The van der Waals surface area contributed by atoms with Crippen molar-refractivity contribution in [3.63, 3.8) is 0 Å². The van der Waals surface area contributed by atoms with Gasteiger partial charge in [-0.15, -0.1) is 11.3 Å². The standard InChI is InChI=1S/C24H18N6O2S/c25-23(31)20-12-13-29(27-20)18-10-8-16(9-11-18)26-24(32)19-15-30(17-5-2-1-3-6-17)28-22(19)21-7-4-14-33-21/h1-15H,(H2,25,31)(H,26,32). The molecule has 2 aromatic carbocycles. The number of nitrogens with one attached hydrogen (secondary N) is 1. The van der Waals surface area contributed by atoms with E-state index in [0.717, 1.165) is 16.3 Å². The van der Waals surface area contributed by atoms with E-state index in [1.165, 1.54) is 11.3 Å². The fourth-order valence-corrected chi connectivity index (χ4v) is 4.07. The number of aromatic nitrogens is 4. The molecule has 0 bridgehead atoms. The number of amides is 2. The fraction of sp³-hybridized carbons (Fsp3) is 0. The number of nitrogens with two attached hydrogens (primary N) is 1. The monoisotopic (exact) mass is 454 g/mol. The lowest BCUT2D eigenvalue weighted by Gasteiger charge is -2.07. The molecule has 0 radical (unpaired) electrons. The van der Waals surface area contributed by atoms with Crippen LogP contribution >= 0.6 is 11.3 Å². The predicted octanol–water partition coefficient (Wildman–Crippen LogP) is 4.14. The van der Waals surface area contributed by atoms with E-state index in [4.69, 9.17) is 5.73 Å². The third kappa shape index (κ3) is 4.17. The van der Waals surface area contributed by atoms with Crippen LogP contribution in [0.3, 0.4) is 0 Å². The van der Waals surface area contributed by atoms with E-state index in [9.17, 15) is 9.59 Å². The average Bonchev–Trinajstić information content (AvgIpc) is 3.60. The number of anilines is 1. The molecule has 0 aliphatic rings. The molecule has 0 unspecified atom stereocenters. The Hall–Kier alpha value is -4.50. The second-order valence-electron chi connectivity index (χ2n) is 7.16. The van der Waals surface area contributed by atoms with Crippen LogP contribution in [0.25, 0.3) is 21.9 Å². The second-order valence-corrected chi connectivity index (χ2v) is 8.11. The highest BCUT2D eigenvalue weighted by atomic mass is 32.1. The molecule has 0 fully saturated rings. The molecule has 0 aliphatic carbocycles. The number of primary amides is 1. The third-order valence-electron chi connectivity index (χ3n) is 4.97. The second kappa shape index (κ2) is 8.56.